The molecule has 0 saturated carbocycles. The second kappa shape index (κ2) is 7.40. The van der Waals surface area contributed by atoms with Gasteiger partial charge in [0.25, 0.3) is 5.91 Å². The maximum Gasteiger partial charge on any atom is 0.273 e. The fourth-order valence-corrected chi connectivity index (χ4v) is 2.79. The molecule has 0 aliphatic carbocycles. The molecule has 3 rings (SSSR count). The van der Waals surface area contributed by atoms with Crippen molar-refractivity contribution in [2.45, 2.75) is 32.8 Å². The van der Waals surface area contributed by atoms with Gasteiger partial charge in [-0.25, -0.2) is 4.68 Å². The number of fused-ring (bicyclic) bond motifs is 1. The van der Waals surface area contributed by atoms with E-state index in [1.807, 2.05) is 31.2 Å². The van der Waals surface area contributed by atoms with Crippen molar-refractivity contribution in [1.82, 2.24) is 25.3 Å². The van der Waals surface area contributed by atoms with Crippen molar-refractivity contribution in [1.29, 1.82) is 0 Å². The minimum atomic E-state index is -0.546. The van der Waals surface area contributed by atoms with Crippen molar-refractivity contribution in [2.75, 3.05) is 6.54 Å². The first kappa shape index (κ1) is 17.0. The zero-order chi connectivity index (χ0) is 17.8. The van der Waals surface area contributed by atoms with E-state index in [4.69, 9.17) is 0 Å². The van der Waals surface area contributed by atoms with Gasteiger partial charge in [-0.3, -0.25) is 9.78 Å². The predicted octanol–water partition coefficient (Wildman–Crippen LogP) is 2.01. The first-order valence-electron chi connectivity index (χ1n) is 8.33. The van der Waals surface area contributed by atoms with Crippen molar-refractivity contribution in [2.24, 2.45) is 0 Å². The maximum absolute atomic E-state index is 12.3. The van der Waals surface area contributed by atoms with Gasteiger partial charge in [0.15, 0.2) is 5.69 Å². The number of aliphatic hydroxyl groups is 1. The molecule has 1 atom stereocenters. The van der Waals surface area contributed by atoms with Crippen LogP contribution in [0, 0.1) is 6.92 Å². The third kappa shape index (κ3) is 3.51. The highest BCUT2D eigenvalue weighted by Crippen LogP contribution is 2.22. The number of amides is 1. The maximum atomic E-state index is 12.3. The lowest BCUT2D eigenvalue weighted by atomic mass is 10.1. The van der Waals surface area contributed by atoms with Crippen molar-refractivity contribution in [3.8, 4) is 5.69 Å². The highest BCUT2D eigenvalue weighted by atomic mass is 16.3. The molecule has 1 aromatic carbocycles. The van der Waals surface area contributed by atoms with E-state index in [9.17, 15) is 9.90 Å². The summed E-state index contributed by atoms with van der Waals surface area (Å²) in [5, 5.41) is 22.6. The third-order valence-electron chi connectivity index (χ3n) is 4.12. The van der Waals surface area contributed by atoms with Gasteiger partial charge < -0.3 is 10.4 Å². The lowest BCUT2D eigenvalue weighted by molar-refractivity contribution is 0.0904. The summed E-state index contributed by atoms with van der Waals surface area (Å²) >= 11 is 0. The molecule has 25 heavy (non-hydrogen) atoms. The Morgan fingerprint density at radius 2 is 2.20 bits per heavy atom. The average Bonchev–Trinajstić information content (AvgIpc) is 3.01. The van der Waals surface area contributed by atoms with Crippen LogP contribution in [0.15, 0.2) is 36.7 Å². The Labute approximate surface area is 145 Å². The van der Waals surface area contributed by atoms with Crippen molar-refractivity contribution < 1.29 is 9.90 Å². The van der Waals surface area contributed by atoms with Gasteiger partial charge in [0, 0.05) is 29.7 Å². The summed E-state index contributed by atoms with van der Waals surface area (Å²) in [6.07, 6.45) is 4.47. The van der Waals surface area contributed by atoms with Crippen LogP contribution in [0.5, 0.6) is 0 Å². The number of hydrogen-bond donors (Lipinski definition) is 2. The zero-order valence-corrected chi connectivity index (χ0v) is 14.3. The van der Waals surface area contributed by atoms with Crippen LogP contribution in [-0.2, 0) is 0 Å². The second-order valence-corrected chi connectivity index (χ2v) is 5.96. The van der Waals surface area contributed by atoms with E-state index in [0.29, 0.717) is 12.1 Å². The Kier molecular flexibility index (Phi) is 5.04. The molecule has 0 fully saturated rings. The molecule has 0 saturated heterocycles. The fourth-order valence-electron chi connectivity index (χ4n) is 2.79. The van der Waals surface area contributed by atoms with Crippen molar-refractivity contribution in [3.63, 3.8) is 0 Å². The first-order chi connectivity index (χ1) is 12.1. The molecule has 1 unspecified atom stereocenters. The van der Waals surface area contributed by atoms with Gasteiger partial charge in [0.2, 0.25) is 0 Å². The number of nitrogens with zero attached hydrogens (tertiary/aromatic N) is 4. The summed E-state index contributed by atoms with van der Waals surface area (Å²) in [5.41, 5.74) is 1.75. The summed E-state index contributed by atoms with van der Waals surface area (Å²) in [6, 6.07) is 7.73. The Balaban J connectivity index is 1.87. The standard InChI is InChI=1S/C18H21N5O2/c1-3-5-14(24)11-20-18(25)17-12(2)23(22-21-17)16-7-4-6-13-10-19-9-8-15(13)16/h4,6-10,14,24H,3,5,11H2,1-2H3,(H,20,25). The van der Waals surface area contributed by atoms with Crippen LogP contribution in [0.1, 0.15) is 35.9 Å². The van der Waals surface area contributed by atoms with Crippen LogP contribution >= 0.6 is 0 Å². The van der Waals surface area contributed by atoms with Gasteiger partial charge in [-0.05, 0) is 25.5 Å². The molecule has 7 heteroatoms. The molecule has 0 bridgehead atoms. The molecule has 7 nitrogen and oxygen atoms in total. The largest absolute Gasteiger partial charge is 0.391 e. The van der Waals surface area contributed by atoms with Crippen LogP contribution in [0.4, 0.5) is 0 Å². The fraction of sp³-hybridized carbons (Fsp3) is 0.333. The predicted molar refractivity (Wildman–Crippen MR) is 94.6 cm³/mol. The SMILES string of the molecule is CCCC(O)CNC(=O)c1nnn(-c2cccc3cnccc23)c1C. The molecule has 3 aromatic rings. The number of aliphatic hydroxyl groups excluding tert-OH is 1. The summed E-state index contributed by atoms with van der Waals surface area (Å²) in [6.45, 7) is 4.00. The average molecular weight is 339 g/mol. The number of benzene rings is 1. The normalized spacial score (nSPS) is 12.3. The van der Waals surface area contributed by atoms with E-state index in [1.54, 1.807) is 24.0 Å². The lowest BCUT2D eigenvalue weighted by Crippen LogP contribution is -2.32. The monoisotopic (exact) mass is 339 g/mol. The quantitative estimate of drug-likeness (QED) is 0.717. The Hall–Kier alpha value is -2.80. The van der Waals surface area contributed by atoms with Crippen LogP contribution in [0.25, 0.3) is 16.5 Å². The van der Waals surface area contributed by atoms with Gasteiger partial charge in [0.1, 0.15) is 0 Å². The lowest BCUT2D eigenvalue weighted by Gasteiger charge is -2.10. The molecular formula is C18H21N5O2. The zero-order valence-electron chi connectivity index (χ0n) is 14.3. The molecule has 0 aliphatic heterocycles. The molecule has 130 valence electrons. The van der Waals surface area contributed by atoms with Gasteiger partial charge in [0.05, 0.1) is 17.5 Å². The number of carbonyl (C=O) groups excluding carboxylic acids is 1. The van der Waals surface area contributed by atoms with E-state index in [2.05, 4.69) is 20.6 Å². The van der Waals surface area contributed by atoms with E-state index in [1.165, 1.54) is 0 Å². The van der Waals surface area contributed by atoms with Gasteiger partial charge in [-0.1, -0.05) is 30.7 Å². The first-order valence-corrected chi connectivity index (χ1v) is 8.33. The van der Waals surface area contributed by atoms with E-state index >= 15 is 0 Å². The molecule has 2 heterocycles. The Bertz CT molecular complexity index is 885. The minimum absolute atomic E-state index is 0.207. The highest BCUT2D eigenvalue weighted by Gasteiger charge is 2.18. The van der Waals surface area contributed by atoms with Crippen LogP contribution in [0.2, 0.25) is 0 Å². The number of hydrogen-bond acceptors (Lipinski definition) is 5. The summed E-state index contributed by atoms with van der Waals surface area (Å²) < 4.78 is 1.65. The van der Waals surface area contributed by atoms with Crippen molar-refractivity contribution >= 4 is 16.7 Å². The van der Waals surface area contributed by atoms with E-state index < -0.39 is 6.10 Å². The smallest absolute Gasteiger partial charge is 0.273 e. The number of aromatic nitrogens is 4. The van der Waals surface area contributed by atoms with E-state index in [0.717, 1.165) is 22.9 Å². The third-order valence-corrected chi connectivity index (χ3v) is 4.12. The molecule has 1 amide bonds. The summed E-state index contributed by atoms with van der Waals surface area (Å²) in [5.74, 6) is -0.333. The molecule has 2 aromatic heterocycles. The van der Waals surface area contributed by atoms with E-state index in [-0.39, 0.29) is 18.1 Å². The second-order valence-electron chi connectivity index (χ2n) is 5.96. The van der Waals surface area contributed by atoms with Crippen molar-refractivity contribution in [3.05, 3.63) is 48.0 Å². The Morgan fingerprint density at radius 3 is 3.00 bits per heavy atom. The van der Waals surface area contributed by atoms with Crippen LogP contribution < -0.4 is 5.32 Å². The van der Waals surface area contributed by atoms with Gasteiger partial charge in [-0.2, -0.15) is 0 Å². The molecule has 0 aliphatic rings. The summed E-state index contributed by atoms with van der Waals surface area (Å²) in [7, 11) is 0. The van der Waals surface area contributed by atoms with Crippen LogP contribution in [-0.4, -0.2) is 43.6 Å². The number of pyridine rings is 1. The number of rotatable bonds is 6. The molecular weight excluding hydrogens is 318 g/mol. The topological polar surface area (TPSA) is 92.9 Å². The summed E-state index contributed by atoms with van der Waals surface area (Å²) in [4.78, 5) is 16.5. The van der Waals surface area contributed by atoms with Crippen LogP contribution in [0.3, 0.4) is 0 Å². The van der Waals surface area contributed by atoms with Gasteiger partial charge >= 0.3 is 0 Å². The van der Waals surface area contributed by atoms with Gasteiger partial charge in [-0.15, -0.1) is 5.10 Å². The number of nitrogens with one attached hydrogen (secondary N) is 1. The number of carbonyl (C=O) groups is 1. The minimum Gasteiger partial charge on any atom is -0.391 e. The molecule has 2 N–H and O–H groups in total. The molecule has 0 radical (unpaired) electrons. The molecule has 0 spiro atoms. The highest BCUT2D eigenvalue weighted by molar-refractivity contribution is 5.94. The Morgan fingerprint density at radius 1 is 1.36 bits per heavy atom.